The molecule has 9 heteroatoms. The van der Waals surface area contributed by atoms with Crippen LogP contribution in [-0.4, -0.2) is 30.5 Å². The summed E-state index contributed by atoms with van der Waals surface area (Å²) in [7, 11) is 0. The number of nitrogens with one attached hydrogen (secondary N) is 3. The van der Waals surface area contributed by atoms with Gasteiger partial charge < -0.3 is 15.4 Å². The first-order valence-electron chi connectivity index (χ1n) is 10.9. The van der Waals surface area contributed by atoms with Crippen molar-refractivity contribution >= 4 is 41.2 Å². The Morgan fingerprint density at radius 1 is 0.971 bits per heavy atom. The largest absolute Gasteiger partial charge is 0.483 e. The molecule has 0 heterocycles. The first-order valence-corrected chi connectivity index (χ1v) is 11.3. The first kappa shape index (κ1) is 25.5. The monoisotopic (exact) mass is 492 g/mol. The number of para-hydroxylation sites is 1. The van der Waals surface area contributed by atoms with Crippen LogP contribution in [0.1, 0.15) is 23.6 Å². The van der Waals surface area contributed by atoms with Gasteiger partial charge in [0.1, 0.15) is 5.75 Å². The molecule has 0 aliphatic carbocycles. The number of ether oxygens (including phenoxy) is 1. The highest BCUT2D eigenvalue weighted by Crippen LogP contribution is 2.21. The lowest BCUT2D eigenvalue weighted by Crippen LogP contribution is -2.32. The Morgan fingerprint density at radius 3 is 2.49 bits per heavy atom. The van der Waals surface area contributed by atoms with Crippen molar-refractivity contribution in [3.63, 3.8) is 0 Å². The lowest BCUT2D eigenvalue weighted by molar-refractivity contribution is -0.136. The smallest absolute Gasteiger partial charge is 0.329 e. The van der Waals surface area contributed by atoms with Crippen LogP contribution in [0.15, 0.2) is 77.9 Å². The summed E-state index contributed by atoms with van der Waals surface area (Å²) in [5, 5.41) is 9.58. The molecule has 0 bridgehead atoms. The maximum absolute atomic E-state index is 12.2. The van der Waals surface area contributed by atoms with Gasteiger partial charge in [-0.3, -0.25) is 14.4 Å². The maximum atomic E-state index is 12.2. The lowest BCUT2D eigenvalue weighted by atomic mass is 10.1. The molecular formula is C26H25ClN4O4. The number of benzene rings is 3. The van der Waals surface area contributed by atoms with Gasteiger partial charge in [-0.2, -0.15) is 5.10 Å². The predicted molar refractivity (Wildman–Crippen MR) is 135 cm³/mol. The molecule has 0 aliphatic rings. The van der Waals surface area contributed by atoms with Crippen molar-refractivity contribution in [3.05, 3.63) is 94.5 Å². The quantitative estimate of drug-likeness (QED) is 0.240. The minimum absolute atomic E-state index is 0.221. The molecule has 0 atom stereocenters. The van der Waals surface area contributed by atoms with Crippen LogP contribution < -0.4 is 20.8 Å². The average Bonchev–Trinajstić information content (AvgIpc) is 2.87. The van der Waals surface area contributed by atoms with E-state index in [0.29, 0.717) is 35.0 Å². The molecule has 0 aromatic heterocycles. The van der Waals surface area contributed by atoms with Crippen LogP contribution in [0.5, 0.6) is 5.75 Å². The molecule has 0 aliphatic heterocycles. The molecule has 3 amide bonds. The van der Waals surface area contributed by atoms with Crippen molar-refractivity contribution in [2.45, 2.75) is 19.9 Å². The number of rotatable bonds is 9. The van der Waals surface area contributed by atoms with E-state index in [-0.39, 0.29) is 12.5 Å². The molecule has 0 fully saturated rings. The number of amides is 3. The number of carbonyl (C=O) groups excluding carboxylic acids is 3. The van der Waals surface area contributed by atoms with E-state index < -0.39 is 11.8 Å². The minimum atomic E-state index is -0.933. The van der Waals surface area contributed by atoms with Gasteiger partial charge >= 0.3 is 11.8 Å². The molecule has 3 rings (SSSR count). The van der Waals surface area contributed by atoms with E-state index in [1.165, 1.54) is 6.21 Å². The molecule has 0 saturated carbocycles. The minimum Gasteiger partial charge on any atom is -0.483 e. The van der Waals surface area contributed by atoms with Gasteiger partial charge in [-0.1, -0.05) is 67.1 Å². The van der Waals surface area contributed by atoms with Gasteiger partial charge in [0.25, 0.3) is 5.91 Å². The molecule has 35 heavy (non-hydrogen) atoms. The molecule has 3 aromatic carbocycles. The Balaban J connectivity index is 1.55. The van der Waals surface area contributed by atoms with Gasteiger partial charge in [0.05, 0.1) is 6.21 Å². The van der Waals surface area contributed by atoms with E-state index in [9.17, 15) is 14.4 Å². The molecule has 180 valence electrons. The van der Waals surface area contributed by atoms with Crippen LogP contribution in [0.25, 0.3) is 0 Å². The van der Waals surface area contributed by atoms with Gasteiger partial charge in [-0.05, 0) is 41.8 Å². The molecule has 0 saturated heterocycles. The topological polar surface area (TPSA) is 109 Å². The van der Waals surface area contributed by atoms with Crippen LogP contribution >= 0.6 is 11.6 Å². The summed E-state index contributed by atoms with van der Waals surface area (Å²) in [6.07, 6.45) is 1.99. The Hall–Kier alpha value is -4.17. The standard InChI is InChI=1S/C26H25ClN4O4/c1-2-19-10-6-7-11-22(19)30-25(33)26(34)31-29-16-20-14-21(27)12-13-23(20)35-17-24(32)28-15-18-8-4-3-5-9-18/h3-14,16H,2,15,17H2,1H3,(H,28,32)(H,30,33)(H,31,34)/b29-16-. The third-order valence-corrected chi connectivity index (χ3v) is 5.12. The van der Waals surface area contributed by atoms with Crippen molar-refractivity contribution < 1.29 is 19.1 Å². The number of aryl methyl sites for hydroxylation is 1. The summed E-state index contributed by atoms with van der Waals surface area (Å²) in [5.74, 6) is -1.75. The second kappa shape index (κ2) is 12.9. The van der Waals surface area contributed by atoms with E-state index in [2.05, 4.69) is 21.2 Å². The van der Waals surface area contributed by atoms with Crippen LogP contribution in [-0.2, 0) is 27.3 Å². The molecule has 0 spiro atoms. The van der Waals surface area contributed by atoms with Crippen molar-refractivity contribution in [2.75, 3.05) is 11.9 Å². The highest BCUT2D eigenvalue weighted by atomic mass is 35.5. The van der Waals surface area contributed by atoms with Gasteiger partial charge in [-0.25, -0.2) is 5.43 Å². The zero-order valence-electron chi connectivity index (χ0n) is 19.1. The third-order valence-electron chi connectivity index (χ3n) is 4.89. The lowest BCUT2D eigenvalue weighted by Gasteiger charge is -2.10. The Labute approximate surface area is 208 Å². The molecule has 8 nitrogen and oxygen atoms in total. The van der Waals surface area contributed by atoms with Crippen LogP contribution in [0, 0.1) is 0 Å². The number of hydrazone groups is 1. The van der Waals surface area contributed by atoms with Crippen molar-refractivity contribution in [3.8, 4) is 5.75 Å². The normalized spacial score (nSPS) is 10.6. The van der Waals surface area contributed by atoms with Crippen LogP contribution in [0.2, 0.25) is 5.02 Å². The van der Waals surface area contributed by atoms with E-state index in [1.807, 2.05) is 49.4 Å². The zero-order valence-corrected chi connectivity index (χ0v) is 19.8. The second-order valence-corrected chi connectivity index (χ2v) is 7.83. The summed E-state index contributed by atoms with van der Waals surface area (Å²) < 4.78 is 5.60. The second-order valence-electron chi connectivity index (χ2n) is 7.40. The Kier molecular flexibility index (Phi) is 9.39. The number of carbonyl (C=O) groups is 3. The summed E-state index contributed by atoms with van der Waals surface area (Å²) in [6, 6.07) is 21.5. The number of anilines is 1. The number of halogens is 1. The summed E-state index contributed by atoms with van der Waals surface area (Å²) in [5.41, 5.74) is 5.04. The van der Waals surface area contributed by atoms with Gasteiger partial charge in [0.15, 0.2) is 6.61 Å². The van der Waals surface area contributed by atoms with E-state index in [4.69, 9.17) is 16.3 Å². The fourth-order valence-electron chi connectivity index (χ4n) is 3.08. The fraction of sp³-hybridized carbons (Fsp3) is 0.154. The fourth-order valence-corrected chi connectivity index (χ4v) is 3.26. The molecular weight excluding hydrogens is 468 g/mol. The molecule has 0 radical (unpaired) electrons. The van der Waals surface area contributed by atoms with Crippen LogP contribution in [0.4, 0.5) is 5.69 Å². The predicted octanol–water partition coefficient (Wildman–Crippen LogP) is 3.69. The summed E-state index contributed by atoms with van der Waals surface area (Å²) in [4.78, 5) is 36.5. The Morgan fingerprint density at radius 2 is 1.71 bits per heavy atom. The van der Waals surface area contributed by atoms with E-state index in [1.54, 1.807) is 30.3 Å². The highest BCUT2D eigenvalue weighted by Gasteiger charge is 2.14. The van der Waals surface area contributed by atoms with Gasteiger partial charge in [0.2, 0.25) is 0 Å². The van der Waals surface area contributed by atoms with Crippen molar-refractivity contribution in [1.82, 2.24) is 10.7 Å². The molecule has 0 unspecified atom stereocenters. The first-order chi connectivity index (χ1) is 17.0. The van der Waals surface area contributed by atoms with Gasteiger partial charge in [0, 0.05) is 22.8 Å². The van der Waals surface area contributed by atoms with E-state index >= 15 is 0 Å². The molecule has 3 N–H and O–H groups in total. The summed E-state index contributed by atoms with van der Waals surface area (Å²) in [6.45, 7) is 2.11. The van der Waals surface area contributed by atoms with E-state index in [0.717, 1.165) is 11.1 Å². The summed E-state index contributed by atoms with van der Waals surface area (Å²) >= 11 is 6.06. The maximum Gasteiger partial charge on any atom is 0.329 e. The molecule has 3 aromatic rings. The number of hydrogen-bond acceptors (Lipinski definition) is 5. The zero-order chi connectivity index (χ0) is 25.0. The number of nitrogens with zero attached hydrogens (tertiary/aromatic N) is 1. The van der Waals surface area contributed by atoms with Crippen molar-refractivity contribution in [2.24, 2.45) is 5.10 Å². The SMILES string of the molecule is CCc1ccccc1NC(=O)C(=O)N/N=C\c1cc(Cl)ccc1OCC(=O)NCc1ccccc1. The van der Waals surface area contributed by atoms with Gasteiger partial charge in [-0.15, -0.1) is 0 Å². The van der Waals surface area contributed by atoms with Crippen molar-refractivity contribution in [1.29, 1.82) is 0 Å². The highest BCUT2D eigenvalue weighted by molar-refractivity contribution is 6.39. The number of hydrogen-bond donors (Lipinski definition) is 3. The third kappa shape index (κ3) is 7.97. The average molecular weight is 493 g/mol. The van der Waals surface area contributed by atoms with Crippen LogP contribution in [0.3, 0.4) is 0 Å². The Bertz CT molecular complexity index is 1210.